The van der Waals surface area contributed by atoms with E-state index in [2.05, 4.69) is 34.3 Å². The van der Waals surface area contributed by atoms with E-state index in [0.29, 0.717) is 41.6 Å². The number of nitrogens with one attached hydrogen (secondary N) is 1. The maximum absolute atomic E-state index is 12.7. The Morgan fingerprint density at radius 3 is 2.78 bits per heavy atom. The average Bonchev–Trinajstić information content (AvgIpc) is 3.06. The molecule has 0 radical (unpaired) electrons. The van der Waals surface area contributed by atoms with E-state index in [1.54, 1.807) is 22.9 Å². The second-order valence-electron chi connectivity index (χ2n) is 6.87. The molecule has 0 unspecified atom stereocenters. The number of amides is 1. The number of hydrogen-bond acceptors (Lipinski definition) is 6. The van der Waals surface area contributed by atoms with Gasteiger partial charge in [-0.25, -0.2) is 4.98 Å². The summed E-state index contributed by atoms with van der Waals surface area (Å²) in [7, 11) is 0. The second kappa shape index (κ2) is 7.69. The van der Waals surface area contributed by atoms with Crippen LogP contribution in [0.15, 0.2) is 27.6 Å². The summed E-state index contributed by atoms with van der Waals surface area (Å²) < 4.78 is 6.96. The number of rotatable bonds is 6. The van der Waals surface area contributed by atoms with E-state index < -0.39 is 5.91 Å². The van der Waals surface area contributed by atoms with Gasteiger partial charge in [-0.2, -0.15) is 4.98 Å². The zero-order valence-corrected chi connectivity index (χ0v) is 15.9. The molecule has 3 heterocycles. The van der Waals surface area contributed by atoms with Crippen molar-refractivity contribution in [3.63, 3.8) is 0 Å². The predicted molar refractivity (Wildman–Crippen MR) is 100 cm³/mol. The van der Waals surface area contributed by atoms with E-state index in [0.717, 1.165) is 5.69 Å². The van der Waals surface area contributed by atoms with Gasteiger partial charge in [-0.3, -0.25) is 9.59 Å². The number of fused-ring (bicyclic) bond motifs is 1. The van der Waals surface area contributed by atoms with Crippen LogP contribution >= 0.6 is 0 Å². The van der Waals surface area contributed by atoms with Gasteiger partial charge in [-0.05, 0) is 31.9 Å². The smallest absolute Gasteiger partial charge is 0.257 e. The molecule has 27 heavy (non-hydrogen) atoms. The van der Waals surface area contributed by atoms with Crippen LogP contribution in [0.4, 0.5) is 0 Å². The first-order valence-electron chi connectivity index (χ1n) is 8.99. The number of pyridine rings is 2. The van der Waals surface area contributed by atoms with Crippen molar-refractivity contribution in [2.75, 3.05) is 0 Å². The Hall–Kier alpha value is -3.03. The summed E-state index contributed by atoms with van der Waals surface area (Å²) in [5, 5.41) is 6.97. The minimum absolute atomic E-state index is 0.0703. The Kier molecular flexibility index (Phi) is 5.34. The van der Waals surface area contributed by atoms with Crippen LogP contribution in [0.25, 0.3) is 11.0 Å². The highest BCUT2D eigenvalue weighted by Gasteiger charge is 2.17. The molecule has 0 fully saturated rings. The van der Waals surface area contributed by atoms with Crippen LogP contribution in [0.1, 0.15) is 48.5 Å². The van der Waals surface area contributed by atoms with Crippen molar-refractivity contribution in [1.82, 2.24) is 25.0 Å². The third kappa shape index (κ3) is 4.05. The van der Waals surface area contributed by atoms with Crippen molar-refractivity contribution in [2.24, 2.45) is 5.92 Å². The first-order valence-corrected chi connectivity index (χ1v) is 8.99. The Morgan fingerprint density at radius 2 is 2.07 bits per heavy atom. The standard InChI is InChI=1S/C19H23N5O3/c1-5-24-10-14(17(25)13-7-6-12(4)21-18(13)24)19(26)20-9-15-22-16(27-23-15)8-11(2)3/h6-7,10-11H,5,8-9H2,1-4H3,(H,20,26). The zero-order valence-electron chi connectivity index (χ0n) is 15.9. The number of carbonyl (C=O) groups excluding carboxylic acids is 1. The maximum atomic E-state index is 12.7. The quantitative estimate of drug-likeness (QED) is 0.715. The van der Waals surface area contributed by atoms with Gasteiger partial charge in [0.15, 0.2) is 5.82 Å². The van der Waals surface area contributed by atoms with Gasteiger partial charge in [0.05, 0.1) is 11.9 Å². The van der Waals surface area contributed by atoms with E-state index in [4.69, 9.17) is 4.52 Å². The highest BCUT2D eigenvalue weighted by atomic mass is 16.5. The molecular formula is C19H23N5O3. The lowest BCUT2D eigenvalue weighted by molar-refractivity contribution is 0.0948. The van der Waals surface area contributed by atoms with Crippen molar-refractivity contribution >= 4 is 16.9 Å². The molecule has 3 rings (SSSR count). The van der Waals surface area contributed by atoms with Crippen molar-refractivity contribution in [2.45, 2.75) is 47.2 Å². The molecule has 0 spiro atoms. The largest absolute Gasteiger partial charge is 0.344 e. The summed E-state index contributed by atoms with van der Waals surface area (Å²) in [5.41, 5.74) is 1.13. The van der Waals surface area contributed by atoms with Gasteiger partial charge in [0.2, 0.25) is 11.3 Å². The van der Waals surface area contributed by atoms with E-state index >= 15 is 0 Å². The number of carbonyl (C=O) groups is 1. The zero-order chi connectivity index (χ0) is 19.6. The SMILES string of the molecule is CCn1cc(C(=O)NCc2noc(CC(C)C)n2)c(=O)c2ccc(C)nc21. The maximum Gasteiger partial charge on any atom is 0.257 e. The van der Waals surface area contributed by atoms with Crippen molar-refractivity contribution in [3.8, 4) is 0 Å². The first-order chi connectivity index (χ1) is 12.9. The minimum atomic E-state index is -0.472. The van der Waals surface area contributed by atoms with Crippen molar-refractivity contribution in [1.29, 1.82) is 0 Å². The fourth-order valence-corrected chi connectivity index (χ4v) is 2.81. The van der Waals surface area contributed by atoms with E-state index in [9.17, 15) is 9.59 Å². The summed E-state index contributed by atoms with van der Waals surface area (Å²) in [4.78, 5) is 34.0. The van der Waals surface area contributed by atoms with Crippen LogP contribution < -0.4 is 10.7 Å². The van der Waals surface area contributed by atoms with Gasteiger partial charge >= 0.3 is 0 Å². The number of aryl methyl sites for hydroxylation is 2. The lowest BCUT2D eigenvalue weighted by Gasteiger charge is -2.11. The molecule has 0 aliphatic carbocycles. The van der Waals surface area contributed by atoms with Crippen LogP contribution in [0.2, 0.25) is 0 Å². The molecule has 1 amide bonds. The lowest BCUT2D eigenvalue weighted by atomic mass is 10.1. The van der Waals surface area contributed by atoms with Gasteiger partial charge < -0.3 is 14.4 Å². The fourth-order valence-electron chi connectivity index (χ4n) is 2.81. The minimum Gasteiger partial charge on any atom is -0.344 e. The van der Waals surface area contributed by atoms with E-state index in [-0.39, 0.29) is 17.5 Å². The fraction of sp³-hybridized carbons (Fsp3) is 0.421. The highest BCUT2D eigenvalue weighted by Crippen LogP contribution is 2.11. The summed E-state index contributed by atoms with van der Waals surface area (Å²) in [6.45, 7) is 8.60. The molecule has 142 valence electrons. The molecule has 8 heteroatoms. The molecule has 1 N–H and O–H groups in total. The summed E-state index contributed by atoms with van der Waals surface area (Å²) in [6.07, 6.45) is 2.23. The van der Waals surface area contributed by atoms with Crippen LogP contribution in [0, 0.1) is 12.8 Å². The molecule has 3 aromatic heterocycles. The monoisotopic (exact) mass is 369 g/mol. The van der Waals surface area contributed by atoms with E-state index in [1.165, 1.54) is 0 Å². The molecule has 3 aromatic rings. The Bertz CT molecular complexity index is 1040. The average molecular weight is 369 g/mol. The van der Waals surface area contributed by atoms with Gasteiger partial charge in [-0.1, -0.05) is 19.0 Å². The van der Waals surface area contributed by atoms with E-state index in [1.807, 2.05) is 13.8 Å². The van der Waals surface area contributed by atoms with Crippen molar-refractivity contribution in [3.05, 3.63) is 51.5 Å². The van der Waals surface area contributed by atoms with Gasteiger partial charge in [0.1, 0.15) is 11.2 Å². The van der Waals surface area contributed by atoms with Gasteiger partial charge in [0, 0.05) is 24.9 Å². The summed E-state index contributed by atoms with van der Waals surface area (Å²) in [6, 6.07) is 3.47. The van der Waals surface area contributed by atoms with Gasteiger partial charge in [-0.15, -0.1) is 0 Å². The number of aromatic nitrogens is 4. The normalized spacial score (nSPS) is 11.3. The molecular weight excluding hydrogens is 346 g/mol. The molecule has 0 aliphatic rings. The summed E-state index contributed by atoms with van der Waals surface area (Å²) in [5.74, 6) is 0.845. The lowest BCUT2D eigenvalue weighted by Crippen LogP contribution is -2.30. The molecule has 0 aliphatic heterocycles. The van der Waals surface area contributed by atoms with Gasteiger partial charge in [0.25, 0.3) is 5.91 Å². The molecule has 0 aromatic carbocycles. The Morgan fingerprint density at radius 1 is 1.30 bits per heavy atom. The van der Waals surface area contributed by atoms with Crippen LogP contribution in [-0.4, -0.2) is 25.6 Å². The molecule has 0 bridgehead atoms. The Balaban J connectivity index is 1.83. The topological polar surface area (TPSA) is 103 Å². The van der Waals surface area contributed by atoms with Crippen LogP contribution in [-0.2, 0) is 19.5 Å². The highest BCUT2D eigenvalue weighted by molar-refractivity contribution is 5.96. The molecule has 0 saturated carbocycles. The van der Waals surface area contributed by atoms with Crippen LogP contribution in [0.3, 0.4) is 0 Å². The first kappa shape index (κ1) is 18.8. The second-order valence-corrected chi connectivity index (χ2v) is 6.87. The number of hydrogen-bond donors (Lipinski definition) is 1. The third-order valence-electron chi connectivity index (χ3n) is 4.15. The third-order valence-corrected chi connectivity index (χ3v) is 4.15. The summed E-state index contributed by atoms with van der Waals surface area (Å²) >= 11 is 0. The molecule has 8 nitrogen and oxygen atoms in total. The predicted octanol–water partition coefficient (Wildman–Crippen LogP) is 2.24. The Labute approximate surface area is 156 Å². The van der Waals surface area contributed by atoms with Crippen molar-refractivity contribution < 1.29 is 9.32 Å². The molecule has 0 atom stereocenters. The van der Waals surface area contributed by atoms with Crippen LogP contribution in [0.5, 0.6) is 0 Å². The number of nitrogens with zero attached hydrogens (tertiary/aromatic N) is 4. The molecule has 0 saturated heterocycles.